The summed E-state index contributed by atoms with van der Waals surface area (Å²) in [6, 6.07) is 8.41. The Morgan fingerprint density at radius 2 is 1.96 bits per heavy atom. The molecule has 5 nitrogen and oxygen atoms in total. The molecule has 5 heteroatoms. The fraction of sp³-hybridized carbons (Fsp3) is 0.444. The second-order valence-electron chi connectivity index (χ2n) is 6.97. The molecule has 1 aromatic carbocycles. The first-order valence-corrected chi connectivity index (χ1v) is 7.92. The van der Waals surface area contributed by atoms with Gasteiger partial charge in [0.2, 0.25) is 0 Å². The van der Waals surface area contributed by atoms with Gasteiger partial charge in [-0.2, -0.15) is 5.90 Å². The maximum absolute atomic E-state index is 12.6. The highest BCUT2D eigenvalue weighted by Crippen LogP contribution is 2.40. The Kier molecular flexibility index (Phi) is 3.98. The summed E-state index contributed by atoms with van der Waals surface area (Å²) in [5, 5.41) is 0. The van der Waals surface area contributed by atoms with Gasteiger partial charge in [-0.3, -0.25) is 9.59 Å². The first kappa shape index (κ1) is 15.7. The van der Waals surface area contributed by atoms with Crippen LogP contribution in [-0.4, -0.2) is 22.6 Å². The van der Waals surface area contributed by atoms with Gasteiger partial charge in [0.05, 0.1) is 0 Å². The summed E-state index contributed by atoms with van der Waals surface area (Å²) in [4.78, 5) is 30.3. The van der Waals surface area contributed by atoms with Crippen LogP contribution in [0.3, 0.4) is 0 Å². The number of amides is 1. The van der Waals surface area contributed by atoms with E-state index in [1.807, 2.05) is 13.8 Å². The Balaban J connectivity index is 1.84. The quantitative estimate of drug-likeness (QED) is 0.514. The second kappa shape index (κ2) is 5.81. The van der Waals surface area contributed by atoms with Crippen molar-refractivity contribution in [1.82, 2.24) is 4.90 Å². The molecule has 2 aliphatic rings. The number of nitrogens with zero attached hydrogens (tertiary/aromatic N) is 1. The Bertz CT molecular complexity index is 657. The fourth-order valence-corrected chi connectivity index (χ4v) is 3.12. The van der Waals surface area contributed by atoms with Crippen molar-refractivity contribution in [2.45, 2.75) is 51.1 Å². The van der Waals surface area contributed by atoms with Crippen LogP contribution < -0.4 is 5.90 Å². The molecule has 0 atom stereocenters. The van der Waals surface area contributed by atoms with E-state index in [0.29, 0.717) is 25.2 Å². The van der Waals surface area contributed by atoms with E-state index in [9.17, 15) is 9.59 Å². The van der Waals surface area contributed by atoms with Crippen LogP contribution in [0.1, 0.15) is 50.2 Å². The van der Waals surface area contributed by atoms with E-state index in [1.165, 1.54) is 18.4 Å². The highest BCUT2D eigenvalue weighted by atomic mass is 16.6. The van der Waals surface area contributed by atoms with E-state index >= 15 is 0 Å². The first-order valence-electron chi connectivity index (χ1n) is 7.92. The van der Waals surface area contributed by atoms with Crippen molar-refractivity contribution < 1.29 is 14.4 Å². The summed E-state index contributed by atoms with van der Waals surface area (Å²) in [5.41, 5.74) is 1.97. The van der Waals surface area contributed by atoms with E-state index in [0.717, 1.165) is 5.56 Å². The molecule has 0 spiro atoms. The van der Waals surface area contributed by atoms with E-state index in [-0.39, 0.29) is 17.2 Å². The number of carbonyl (C=O) groups excluding carboxylic acids is 2. The van der Waals surface area contributed by atoms with Gasteiger partial charge in [0.15, 0.2) is 6.29 Å². The van der Waals surface area contributed by atoms with Crippen LogP contribution in [0.25, 0.3) is 0 Å². The highest BCUT2D eigenvalue weighted by Gasteiger charge is 2.40. The lowest BCUT2D eigenvalue weighted by Gasteiger charge is -2.42. The predicted molar refractivity (Wildman–Crippen MR) is 86.0 cm³/mol. The van der Waals surface area contributed by atoms with Crippen LogP contribution in [0.2, 0.25) is 0 Å². The van der Waals surface area contributed by atoms with Gasteiger partial charge in [0.1, 0.15) is 11.3 Å². The minimum Gasteiger partial charge on any atom is -0.415 e. The molecule has 1 aliphatic carbocycles. The van der Waals surface area contributed by atoms with Crippen LogP contribution in [0.4, 0.5) is 0 Å². The number of hydrogen-bond acceptors (Lipinski definition) is 4. The predicted octanol–water partition coefficient (Wildman–Crippen LogP) is 2.42. The third kappa shape index (κ3) is 3.01. The molecular formula is C18H22N2O3. The summed E-state index contributed by atoms with van der Waals surface area (Å²) in [6.45, 7) is 4.36. The topological polar surface area (TPSA) is 72.6 Å². The van der Waals surface area contributed by atoms with Crippen molar-refractivity contribution in [3.05, 3.63) is 46.7 Å². The fourth-order valence-electron chi connectivity index (χ4n) is 3.12. The van der Waals surface area contributed by atoms with Crippen LogP contribution in [0.15, 0.2) is 35.6 Å². The van der Waals surface area contributed by atoms with Gasteiger partial charge in [0, 0.05) is 18.5 Å². The van der Waals surface area contributed by atoms with E-state index in [4.69, 9.17) is 10.7 Å². The minimum atomic E-state index is -0.465. The van der Waals surface area contributed by atoms with Gasteiger partial charge in [-0.15, -0.1) is 0 Å². The standard InChI is InChI=1S/C18H22N2O3/c1-18(2)9-16(23-19)15(11-21)17(22)20(18)10-12-3-5-13(6-4-12)14-7-8-14/h3-6,11,14H,7-10,19H2,1-2H3. The maximum atomic E-state index is 12.6. The molecule has 2 N–H and O–H groups in total. The summed E-state index contributed by atoms with van der Waals surface area (Å²) in [5.74, 6) is 5.86. The lowest BCUT2D eigenvalue weighted by Crippen LogP contribution is -2.51. The molecule has 0 saturated heterocycles. The smallest absolute Gasteiger partial charge is 0.261 e. The Labute approximate surface area is 136 Å². The molecule has 23 heavy (non-hydrogen) atoms. The second-order valence-corrected chi connectivity index (χ2v) is 6.97. The zero-order valence-electron chi connectivity index (χ0n) is 13.5. The third-order valence-corrected chi connectivity index (χ3v) is 4.73. The van der Waals surface area contributed by atoms with E-state index in [2.05, 4.69) is 24.3 Å². The third-order valence-electron chi connectivity index (χ3n) is 4.73. The molecule has 1 amide bonds. The summed E-state index contributed by atoms with van der Waals surface area (Å²) in [7, 11) is 0. The van der Waals surface area contributed by atoms with Gasteiger partial charge in [-0.25, -0.2) is 0 Å². The van der Waals surface area contributed by atoms with E-state index in [1.54, 1.807) is 4.90 Å². The van der Waals surface area contributed by atoms with E-state index < -0.39 is 5.54 Å². The molecule has 1 aliphatic heterocycles. The van der Waals surface area contributed by atoms with Gasteiger partial charge in [0.25, 0.3) is 5.91 Å². The molecule has 0 radical (unpaired) electrons. The molecule has 0 aromatic heterocycles. The molecular weight excluding hydrogens is 292 g/mol. The molecule has 1 aromatic rings. The van der Waals surface area contributed by atoms with Gasteiger partial charge in [-0.1, -0.05) is 24.3 Å². The summed E-state index contributed by atoms with van der Waals surface area (Å²) >= 11 is 0. The van der Waals surface area contributed by atoms with Crippen molar-refractivity contribution in [2.24, 2.45) is 5.90 Å². The molecule has 122 valence electrons. The average molecular weight is 314 g/mol. The summed E-state index contributed by atoms with van der Waals surface area (Å²) in [6.07, 6.45) is 3.49. The molecule has 1 fully saturated rings. The molecule has 1 heterocycles. The molecule has 0 unspecified atom stereocenters. The van der Waals surface area contributed by atoms with Crippen LogP contribution in [0.5, 0.6) is 0 Å². The Morgan fingerprint density at radius 1 is 1.30 bits per heavy atom. The number of benzene rings is 1. The first-order chi connectivity index (χ1) is 11.0. The van der Waals surface area contributed by atoms with Crippen molar-refractivity contribution in [3.8, 4) is 0 Å². The molecule has 1 saturated carbocycles. The van der Waals surface area contributed by atoms with Gasteiger partial charge in [-0.05, 0) is 43.7 Å². The Morgan fingerprint density at radius 3 is 2.48 bits per heavy atom. The number of hydrogen-bond donors (Lipinski definition) is 1. The molecule has 3 rings (SSSR count). The Hall–Kier alpha value is -2.14. The summed E-state index contributed by atoms with van der Waals surface area (Å²) < 4.78 is 0. The minimum absolute atomic E-state index is 0.0152. The van der Waals surface area contributed by atoms with Crippen molar-refractivity contribution >= 4 is 12.2 Å². The normalized spacial score (nSPS) is 20.7. The largest absolute Gasteiger partial charge is 0.415 e. The number of aldehydes is 1. The van der Waals surface area contributed by atoms with Crippen molar-refractivity contribution in [3.63, 3.8) is 0 Å². The van der Waals surface area contributed by atoms with Crippen LogP contribution >= 0.6 is 0 Å². The monoisotopic (exact) mass is 314 g/mol. The number of rotatable bonds is 5. The lowest BCUT2D eigenvalue weighted by molar-refractivity contribution is -0.136. The zero-order valence-corrected chi connectivity index (χ0v) is 13.5. The van der Waals surface area contributed by atoms with Crippen molar-refractivity contribution in [1.29, 1.82) is 0 Å². The van der Waals surface area contributed by atoms with Crippen LogP contribution in [-0.2, 0) is 21.0 Å². The SMILES string of the molecule is CC1(C)CC(ON)=C(C=O)C(=O)N1Cc1ccc(C2CC2)cc1. The highest BCUT2D eigenvalue weighted by molar-refractivity contribution is 6.11. The van der Waals surface area contributed by atoms with Crippen molar-refractivity contribution in [2.75, 3.05) is 0 Å². The van der Waals surface area contributed by atoms with Gasteiger partial charge >= 0.3 is 0 Å². The number of nitrogens with two attached hydrogens (primary N) is 1. The van der Waals surface area contributed by atoms with Crippen LogP contribution in [0, 0.1) is 0 Å². The maximum Gasteiger partial charge on any atom is 0.261 e. The zero-order chi connectivity index (χ0) is 16.6. The average Bonchev–Trinajstić information content (AvgIpc) is 3.36. The number of carbonyl (C=O) groups is 2. The van der Waals surface area contributed by atoms with Gasteiger partial charge < -0.3 is 9.74 Å². The molecule has 0 bridgehead atoms. The lowest BCUT2D eigenvalue weighted by atomic mass is 9.89.